The van der Waals surface area contributed by atoms with Crippen LogP contribution in [0.1, 0.15) is 36.1 Å². The van der Waals surface area contributed by atoms with E-state index in [0.717, 1.165) is 17.9 Å². The molecule has 0 spiro atoms. The van der Waals surface area contributed by atoms with Crippen LogP contribution >= 0.6 is 12.2 Å². The summed E-state index contributed by atoms with van der Waals surface area (Å²) in [6.45, 7) is 10.6. The number of rotatable bonds is 7. The van der Waals surface area contributed by atoms with Crippen LogP contribution in [-0.2, 0) is 0 Å². The van der Waals surface area contributed by atoms with Gasteiger partial charge in [0.05, 0.1) is 6.04 Å². The van der Waals surface area contributed by atoms with E-state index >= 15 is 0 Å². The van der Waals surface area contributed by atoms with Gasteiger partial charge >= 0.3 is 0 Å². The Hall–Kier alpha value is -2.33. The Kier molecular flexibility index (Phi) is 7.02. The molecule has 0 aliphatic rings. The van der Waals surface area contributed by atoms with Crippen molar-refractivity contribution in [3.63, 3.8) is 0 Å². The van der Waals surface area contributed by atoms with Gasteiger partial charge in [-0.05, 0) is 61.3 Å². The third-order valence-corrected chi connectivity index (χ3v) is 4.33. The summed E-state index contributed by atoms with van der Waals surface area (Å²) in [5, 5.41) is 7.24. The average Bonchev–Trinajstić information content (AvgIpc) is 2.60. The highest BCUT2D eigenvalue weighted by atomic mass is 32.1. The molecule has 1 atom stereocenters. The van der Waals surface area contributed by atoms with Crippen LogP contribution in [0.4, 0.5) is 5.69 Å². The van der Waals surface area contributed by atoms with Gasteiger partial charge in [0.1, 0.15) is 12.4 Å². The van der Waals surface area contributed by atoms with Crippen molar-refractivity contribution in [3.8, 4) is 5.75 Å². The number of anilines is 1. The molecule has 2 rings (SSSR count). The molecule has 0 saturated carbocycles. The second kappa shape index (κ2) is 9.23. The zero-order valence-corrected chi connectivity index (χ0v) is 16.0. The van der Waals surface area contributed by atoms with Gasteiger partial charge in [-0.3, -0.25) is 0 Å². The third kappa shape index (κ3) is 5.61. The highest BCUT2D eigenvalue weighted by molar-refractivity contribution is 7.80. The summed E-state index contributed by atoms with van der Waals surface area (Å²) >= 11 is 5.49. The van der Waals surface area contributed by atoms with Gasteiger partial charge in [0.25, 0.3) is 0 Å². The SMILES string of the molecule is C=CCOc1cccc(NC(=S)NC(CC)c2ccc(C)c(C)c2)c1. The largest absolute Gasteiger partial charge is 0.489 e. The molecular formula is C21H26N2OS. The average molecular weight is 355 g/mol. The molecule has 2 aromatic rings. The molecule has 0 saturated heterocycles. The number of nitrogens with one attached hydrogen (secondary N) is 2. The van der Waals surface area contributed by atoms with Crippen LogP contribution in [-0.4, -0.2) is 11.7 Å². The minimum Gasteiger partial charge on any atom is -0.489 e. The van der Waals surface area contributed by atoms with Crippen LogP contribution in [0.3, 0.4) is 0 Å². The van der Waals surface area contributed by atoms with Crippen LogP contribution < -0.4 is 15.4 Å². The molecule has 3 nitrogen and oxygen atoms in total. The van der Waals surface area contributed by atoms with Gasteiger partial charge in [-0.1, -0.05) is 43.8 Å². The van der Waals surface area contributed by atoms with Gasteiger partial charge in [0, 0.05) is 11.8 Å². The Morgan fingerprint density at radius 2 is 2.00 bits per heavy atom. The quantitative estimate of drug-likeness (QED) is 0.522. The molecule has 132 valence electrons. The van der Waals surface area contributed by atoms with Crippen molar-refractivity contribution in [1.29, 1.82) is 0 Å². The molecule has 0 radical (unpaired) electrons. The van der Waals surface area contributed by atoms with Gasteiger partial charge < -0.3 is 15.4 Å². The van der Waals surface area contributed by atoms with E-state index in [4.69, 9.17) is 17.0 Å². The Labute approximate surface area is 156 Å². The van der Waals surface area contributed by atoms with Crippen molar-refractivity contribution >= 4 is 23.0 Å². The molecule has 0 aliphatic carbocycles. The smallest absolute Gasteiger partial charge is 0.171 e. The maximum Gasteiger partial charge on any atom is 0.171 e. The van der Waals surface area contributed by atoms with E-state index in [1.54, 1.807) is 6.08 Å². The van der Waals surface area contributed by atoms with E-state index in [1.807, 2.05) is 24.3 Å². The summed E-state index contributed by atoms with van der Waals surface area (Å²) in [5.41, 5.74) is 4.74. The van der Waals surface area contributed by atoms with E-state index in [9.17, 15) is 0 Å². The number of ether oxygens (including phenoxy) is 1. The molecule has 2 aromatic carbocycles. The first-order valence-corrected chi connectivity index (χ1v) is 8.92. The summed E-state index contributed by atoms with van der Waals surface area (Å²) in [7, 11) is 0. The lowest BCUT2D eigenvalue weighted by Crippen LogP contribution is -2.32. The maximum atomic E-state index is 5.55. The standard InChI is InChI=1S/C21H26N2OS/c1-5-12-24-19-9-7-8-18(14-19)22-21(25)23-20(6-2)17-11-10-15(3)16(4)13-17/h5,7-11,13-14,20H,1,6,12H2,2-4H3,(H2,22,23,25). The molecule has 0 heterocycles. The fraction of sp³-hybridized carbons (Fsp3) is 0.286. The predicted molar refractivity (Wildman–Crippen MR) is 110 cm³/mol. The first-order valence-electron chi connectivity index (χ1n) is 8.52. The Bertz CT molecular complexity index is 742. The van der Waals surface area contributed by atoms with Crippen LogP contribution in [0, 0.1) is 13.8 Å². The van der Waals surface area contributed by atoms with Crippen molar-refractivity contribution < 1.29 is 4.74 Å². The van der Waals surface area contributed by atoms with Crippen molar-refractivity contribution in [2.75, 3.05) is 11.9 Å². The summed E-state index contributed by atoms with van der Waals surface area (Å²) in [6.07, 6.45) is 2.68. The first kappa shape index (κ1) is 19.0. The van der Waals surface area contributed by atoms with Gasteiger partial charge in [0.2, 0.25) is 0 Å². The van der Waals surface area contributed by atoms with Gasteiger partial charge in [-0.2, -0.15) is 0 Å². The van der Waals surface area contributed by atoms with Crippen LogP contribution in [0.2, 0.25) is 0 Å². The first-order chi connectivity index (χ1) is 12.0. The molecule has 0 fully saturated rings. The number of aryl methyl sites for hydroxylation is 2. The lowest BCUT2D eigenvalue weighted by Gasteiger charge is -2.21. The van der Waals surface area contributed by atoms with Gasteiger partial charge in [-0.15, -0.1) is 0 Å². The molecule has 1 unspecified atom stereocenters. The van der Waals surface area contributed by atoms with Crippen molar-refractivity contribution in [1.82, 2.24) is 5.32 Å². The Balaban J connectivity index is 2.02. The van der Waals surface area contributed by atoms with E-state index in [1.165, 1.54) is 16.7 Å². The van der Waals surface area contributed by atoms with Crippen LogP contribution in [0.15, 0.2) is 55.1 Å². The highest BCUT2D eigenvalue weighted by Crippen LogP contribution is 2.21. The summed E-state index contributed by atoms with van der Waals surface area (Å²) in [5.74, 6) is 0.786. The molecule has 0 aliphatic heterocycles. The Morgan fingerprint density at radius 1 is 1.20 bits per heavy atom. The van der Waals surface area contributed by atoms with Crippen molar-refractivity contribution in [2.45, 2.75) is 33.2 Å². The summed E-state index contributed by atoms with van der Waals surface area (Å²) in [4.78, 5) is 0. The molecule has 0 bridgehead atoms. The van der Waals surface area contributed by atoms with Crippen molar-refractivity contribution in [2.24, 2.45) is 0 Å². The number of hydrogen-bond acceptors (Lipinski definition) is 2. The zero-order valence-electron chi connectivity index (χ0n) is 15.1. The molecular weight excluding hydrogens is 328 g/mol. The van der Waals surface area contributed by atoms with Gasteiger partial charge in [0.15, 0.2) is 5.11 Å². The number of benzene rings is 2. The molecule has 0 amide bonds. The lowest BCUT2D eigenvalue weighted by atomic mass is 9.99. The Morgan fingerprint density at radius 3 is 2.68 bits per heavy atom. The van der Waals surface area contributed by atoms with E-state index in [2.05, 4.69) is 56.2 Å². The second-order valence-corrected chi connectivity index (χ2v) is 6.44. The van der Waals surface area contributed by atoms with Gasteiger partial charge in [-0.25, -0.2) is 0 Å². The molecule has 25 heavy (non-hydrogen) atoms. The van der Waals surface area contributed by atoms with Crippen LogP contribution in [0.5, 0.6) is 5.75 Å². The van der Waals surface area contributed by atoms with Crippen LogP contribution in [0.25, 0.3) is 0 Å². The predicted octanol–water partition coefficient (Wildman–Crippen LogP) is 5.31. The van der Waals surface area contributed by atoms with E-state index < -0.39 is 0 Å². The lowest BCUT2D eigenvalue weighted by molar-refractivity contribution is 0.363. The minimum absolute atomic E-state index is 0.180. The number of thiocarbonyl (C=S) groups is 1. The topological polar surface area (TPSA) is 33.3 Å². The monoisotopic (exact) mass is 354 g/mol. The minimum atomic E-state index is 0.180. The second-order valence-electron chi connectivity index (χ2n) is 6.03. The van der Waals surface area contributed by atoms with E-state index in [0.29, 0.717) is 11.7 Å². The fourth-order valence-corrected chi connectivity index (χ4v) is 2.81. The van der Waals surface area contributed by atoms with Crippen molar-refractivity contribution in [3.05, 3.63) is 71.8 Å². The third-order valence-electron chi connectivity index (χ3n) is 4.11. The maximum absolute atomic E-state index is 5.55. The highest BCUT2D eigenvalue weighted by Gasteiger charge is 2.11. The number of hydrogen-bond donors (Lipinski definition) is 2. The normalized spacial score (nSPS) is 11.5. The summed E-state index contributed by atoms with van der Waals surface area (Å²) < 4.78 is 5.55. The molecule has 4 heteroatoms. The summed E-state index contributed by atoms with van der Waals surface area (Å²) in [6, 6.07) is 14.5. The fourth-order valence-electron chi connectivity index (χ4n) is 2.55. The molecule has 2 N–H and O–H groups in total. The zero-order chi connectivity index (χ0) is 18.2. The van der Waals surface area contributed by atoms with E-state index in [-0.39, 0.29) is 6.04 Å². The molecule has 0 aromatic heterocycles.